The van der Waals surface area contributed by atoms with Crippen molar-refractivity contribution in [1.82, 2.24) is 4.90 Å². The average molecular weight is 406 g/mol. The Kier molecular flexibility index (Phi) is 5.60. The van der Waals surface area contributed by atoms with Crippen molar-refractivity contribution in [3.8, 4) is 0 Å². The van der Waals surface area contributed by atoms with Crippen molar-refractivity contribution in [3.63, 3.8) is 0 Å². The Morgan fingerprint density at radius 2 is 2.10 bits per heavy atom. The van der Waals surface area contributed by atoms with E-state index in [0.29, 0.717) is 6.54 Å². The number of halogens is 2. The molecule has 6 heteroatoms. The molecule has 1 saturated heterocycles. The molecule has 0 saturated carbocycles. The number of aryl methyl sites for hydroxylation is 1. The van der Waals surface area contributed by atoms with Crippen molar-refractivity contribution in [2.45, 2.75) is 25.8 Å². The number of carbonyl (C=O) groups is 1. The summed E-state index contributed by atoms with van der Waals surface area (Å²) in [6.07, 6.45) is 2.00. The van der Waals surface area contributed by atoms with E-state index >= 15 is 0 Å². The molecule has 0 bridgehead atoms. The highest BCUT2D eigenvalue weighted by Gasteiger charge is 2.25. The van der Waals surface area contributed by atoms with Crippen molar-refractivity contribution in [2.75, 3.05) is 25.0 Å². The van der Waals surface area contributed by atoms with Gasteiger partial charge in [-0.05, 0) is 75.9 Å². The number of hydrogen-bond acceptors (Lipinski definition) is 3. The fraction of sp³-hybridized carbons (Fsp3) is 0.500. The molecule has 1 aromatic carbocycles. The van der Waals surface area contributed by atoms with Crippen LogP contribution in [0.3, 0.4) is 0 Å². The monoisotopic (exact) mass is 404 g/mol. The van der Waals surface area contributed by atoms with Crippen molar-refractivity contribution >= 4 is 43.5 Å². The molecule has 0 aromatic heterocycles. The number of amides is 1. The third kappa shape index (κ3) is 3.81. The van der Waals surface area contributed by atoms with Crippen LogP contribution in [0, 0.1) is 6.92 Å². The number of rotatable bonds is 4. The Morgan fingerprint density at radius 1 is 1.45 bits per heavy atom. The lowest BCUT2D eigenvalue weighted by Crippen LogP contribution is -2.38. The van der Waals surface area contributed by atoms with Gasteiger partial charge in [0.05, 0.1) is 18.8 Å². The maximum Gasteiger partial charge on any atom is 0.238 e. The smallest absolute Gasteiger partial charge is 0.238 e. The van der Waals surface area contributed by atoms with Crippen LogP contribution in [0.15, 0.2) is 21.1 Å². The molecule has 0 spiro atoms. The number of aliphatic hydroxyl groups is 1. The molecule has 1 aliphatic heterocycles. The van der Waals surface area contributed by atoms with Gasteiger partial charge >= 0.3 is 0 Å². The second-order valence-electron chi connectivity index (χ2n) is 5.10. The SMILES string of the molecule is Cc1cc(Br)c(NC(=O)CN2CCC[C@H]2CO)c(Br)c1. The minimum absolute atomic E-state index is 0.0596. The second kappa shape index (κ2) is 7.02. The first kappa shape index (κ1) is 15.9. The number of nitrogens with zero attached hydrogens (tertiary/aromatic N) is 1. The van der Waals surface area contributed by atoms with E-state index in [1.54, 1.807) is 0 Å². The van der Waals surface area contributed by atoms with Crippen molar-refractivity contribution < 1.29 is 9.90 Å². The largest absolute Gasteiger partial charge is 0.395 e. The molecule has 1 heterocycles. The number of hydrogen-bond donors (Lipinski definition) is 2. The maximum atomic E-state index is 12.1. The highest BCUT2D eigenvalue weighted by Crippen LogP contribution is 2.32. The Morgan fingerprint density at radius 3 is 2.70 bits per heavy atom. The van der Waals surface area contributed by atoms with Gasteiger partial charge < -0.3 is 10.4 Å². The van der Waals surface area contributed by atoms with Gasteiger partial charge in [0.25, 0.3) is 0 Å². The zero-order valence-electron chi connectivity index (χ0n) is 11.3. The molecule has 0 unspecified atom stereocenters. The van der Waals surface area contributed by atoms with Crippen molar-refractivity contribution in [2.24, 2.45) is 0 Å². The molecule has 110 valence electrons. The number of aliphatic hydroxyl groups excluding tert-OH is 1. The van der Waals surface area contributed by atoms with Crippen LogP contribution >= 0.6 is 31.9 Å². The minimum Gasteiger partial charge on any atom is -0.395 e. The van der Waals surface area contributed by atoms with Crippen LogP contribution in [0.1, 0.15) is 18.4 Å². The van der Waals surface area contributed by atoms with E-state index in [0.717, 1.165) is 39.6 Å². The van der Waals surface area contributed by atoms with Crippen molar-refractivity contribution in [3.05, 3.63) is 26.6 Å². The van der Waals surface area contributed by atoms with Crippen molar-refractivity contribution in [1.29, 1.82) is 0 Å². The third-order valence-electron chi connectivity index (χ3n) is 3.51. The summed E-state index contributed by atoms with van der Waals surface area (Å²) < 4.78 is 1.72. The summed E-state index contributed by atoms with van der Waals surface area (Å²) in [6.45, 7) is 3.30. The molecule has 4 nitrogen and oxygen atoms in total. The molecule has 0 aliphatic carbocycles. The summed E-state index contributed by atoms with van der Waals surface area (Å²) >= 11 is 6.93. The van der Waals surface area contributed by atoms with Gasteiger partial charge in [-0.15, -0.1) is 0 Å². The molecule has 20 heavy (non-hydrogen) atoms. The second-order valence-corrected chi connectivity index (χ2v) is 6.81. The van der Waals surface area contributed by atoms with Crippen LogP contribution in [0.25, 0.3) is 0 Å². The zero-order valence-corrected chi connectivity index (χ0v) is 14.5. The van der Waals surface area contributed by atoms with Crippen LogP contribution in [-0.4, -0.2) is 41.7 Å². The highest BCUT2D eigenvalue weighted by atomic mass is 79.9. The van der Waals surface area contributed by atoms with Gasteiger partial charge in [-0.2, -0.15) is 0 Å². The van der Waals surface area contributed by atoms with Gasteiger partial charge in [-0.25, -0.2) is 0 Å². The summed E-state index contributed by atoms with van der Waals surface area (Å²) in [5.74, 6) is -0.0596. The number of benzene rings is 1. The zero-order chi connectivity index (χ0) is 14.7. The number of anilines is 1. The van der Waals surface area contributed by atoms with E-state index in [2.05, 4.69) is 37.2 Å². The first-order chi connectivity index (χ1) is 9.51. The first-order valence-corrected chi connectivity index (χ1v) is 8.20. The molecule has 2 rings (SSSR count). The minimum atomic E-state index is -0.0596. The first-order valence-electron chi connectivity index (χ1n) is 6.61. The fourth-order valence-electron chi connectivity index (χ4n) is 2.49. The Labute approximate surface area is 135 Å². The van der Waals surface area contributed by atoms with E-state index in [1.807, 2.05) is 24.0 Å². The lowest BCUT2D eigenvalue weighted by molar-refractivity contribution is -0.117. The van der Waals surface area contributed by atoms with Crippen LogP contribution in [0.5, 0.6) is 0 Å². The van der Waals surface area contributed by atoms with Gasteiger partial charge in [0, 0.05) is 15.0 Å². The molecule has 1 fully saturated rings. The molecule has 0 radical (unpaired) electrons. The van der Waals surface area contributed by atoms with E-state index in [-0.39, 0.29) is 18.6 Å². The molecule has 1 amide bonds. The molecular weight excluding hydrogens is 388 g/mol. The van der Waals surface area contributed by atoms with E-state index in [4.69, 9.17) is 0 Å². The van der Waals surface area contributed by atoms with E-state index < -0.39 is 0 Å². The third-order valence-corrected chi connectivity index (χ3v) is 4.76. The van der Waals surface area contributed by atoms with Crippen LogP contribution in [0.4, 0.5) is 5.69 Å². The molecule has 1 aliphatic rings. The summed E-state index contributed by atoms with van der Waals surface area (Å²) in [4.78, 5) is 14.2. The maximum absolute atomic E-state index is 12.1. The Hall–Kier alpha value is -0.430. The van der Waals surface area contributed by atoms with Gasteiger partial charge in [0.2, 0.25) is 5.91 Å². The van der Waals surface area contributed by atoms with Gasteiger partial charge in [0.1, 0.15) is 0 Å². The summed E-state index contributed by atoms with van der Waals surface area (Å²) in [6, 6.07) is 4.05. The standard InChI is InChI=1S/C14H18Br2N2O2/c1-9-5-11(15)14(12(16)6-9)17-13(20)7-18-4-2-3-10(18)8-19/h5-6,10,19H,2-4,7-8H2,1H3,(H,17,20)/t10-/m0/s1. The number of likely N-dealkylation sites (tertiary alicyclic amines) is 1. The Bertz CT molecular complexity index is 485. The quantitative estimate of drug-likeness (QED) is 0.809. The summed E-state index contributed by atoms with van der Waals surface area (Å²) in [5.41, 5.74) is 1.86. The van der Waals surface area contributed by atoms with E-state index in [9.17, 15) is 9.90 Å². The van der Waals surface area contributed by atoms with Gasteiger partial charge in [-0.1, -0.05) is 0 Å². The van der Waals surface area contributed by atoms with Gasteiger partial charge in [0.15, 0.2) is 0 Å². The highest BCUT2D eigenvalue weighted by molar-refractivity contribution is 9.11. The van der Waals surface area contributed by atoms with Crippen LogP contribution < -0.4 is 5.32 Å². The summed E-state index contributed by atoms with van der Waals surface area (Å²) in [5, 5.41) is 12.2. The van der Waals surface area contributed by atoms with E-state index in [1.165, 1.54) is 0 Å². The predicted octanol–water partition coefficient (Wildman–Crippen LogP) is 2.92. The molecule has 1 aromatic rings. The summed E-state index contributed by atoms with van der Waals surface area (Å²) in [7, 11) is 0. The van der Waals surface area contributed by atoms with Crippen LogP contribution in [-0.2, 0) is 4.79 Å². The van der Waals surface area contributed by atoms with Crippen LogP contribution in [0.2, 0.25) is 0 Å². The normalized spacial score (nSPS) is 19.3. The van der Waals surface area contributed by atoms with Gasteiger partial charge in [-0.3, -0.25) is 9.69 Å². The Balaban J connectivity index is 2.01. The number of nitrogens with one attached hydrogen (secondary N) is 1. The molecular formula is C14H18Br2N2O2. The lowest BCUT2D eigenvalue weighted by atomic mass is 10.2. The number of carbonyl (C=O) groups excluding carboxylic acids is 1. The topological polar surface area (TPSA) is 52.6 Å². The molecule has 2 N–H and O–H groups in total. The lowest BCUT2D eigenvalue weighted by Gasteiger charge is -2.22. The predicted molar refractivity (Wildman–Crippen MR) is 86.9 cm³/mol. The molecule has 1 atom stereocenters. The average Bonchev–Trinajstić information content (AvgIpc) is 2.81. The fourth-order valence-corrected chi connectivity index (χ4v) is 4.11.